The molecule has 2 amide bonds. The third-order valence-electron chi connectivity index (χ3n) is 3.45. The average molecular weight is 316 g/mol. The molecule has 0 saturated carbocycles. The number of rotatable bonds is 5. The Morgan fingerprint density at radius 3 is 2.95 bits per heavy atom. The molecule has 2 atom stereocenters. The van der Waals surface area contributed by atoms with Gasteiger partial charge in [0.25, 0.3) is 5.91 Å². The van der Waals surface area contributed by atoms with Crippen LogP contribution in [0.5, 0.6) is 0 Å². The van der Waals surface area contributed by atoms with Crippen LogP contribution in [0.25, 0.3) is 0 Å². The molecule has 1 aromatic heterocycles. The maximum Gasteiger partial charge on any atom is 0.287 e. The second-order valence-corrected chi connectivity index (χ2v) is 5.13. The number of piperidine rings is 1. The fourth-order valence-corrected chi connectivity index (χ4v) is 2.24. The fraction of sp³-hybridized carbons (Fsp3) is 0.571. The highest BCUT2D eigenvalue weighted by Gasteiger charge is 2.19. The number of amides is 2. The van der Waals surface area contributed by atoms with Crippen LogP contribution in [0.4, 0.5) is 0 Å². The van der Waals surface area contributed by atoms with E-state index in [1.807, 2.05) is 0 Å². The van der Waals surface area contributed by atoms with E-state index in [9.17, 15) is 9.59 Å². The summed E-state index contributed by atoms with van der Waals surface area (Å²) in [7, 11) is 0. The van der Waals surface area contributed by atoms with Gasteiger partial charge in [-0.15, -0.1) is 12.4 Å². The van der Waals surface area contributed by atoms with Crippen LogP contribution in [0.15, 0.2) is 22.8 Å². The van der Waals surface area contributed by atoms with E-state index in [1.165, 1.54) is 6.26 Å². The first-order valence-corrected chi connectivity index (χ1v) is 6.99. The maximum absolute atomic E-state index is 11.9. The van der Waals surface area contributed by atoms with Crippen molar-refractivity contribution in [3.8, 4) is 0 Å². The Morgan fingerprint density at radius 1 is 1.52 bits per heavy atom. The normalized spacial score (nSPS) is 19.2. The summed E-state index contributed by atoms with van der Waals surface area (Å²) in [5, 5.41) is 8.79. The summed E-state index contributed by atoms with van der Waals surface area (Å²) in [5.41, 5.74) is 0. The Hall–Kier alpha value is -1.53. The molecule has 7 heteroatoms. The van der Waals surface area contributed by atoms with Gasteiger partial charge in [0.1, 0.15) is 6.04 Å². The van der Waals surface area contributed by atoms with Gasteiger partial charge in [0.05, 0.1) is 6.26 Å². The lowest BCUT2D eigenvalue weighted by Gasteiger charge is -2.23. The molecule has 1 aliphatic heterocycles. The molecule has 3 N–H and O–H groups in total. The monoisotopic (exact) mass is 315 g/mol. The van der Waals surface area contributed by atoms with Gasteiger partial charge in [-0.25, -0.2) is 0 Å². The topological polar surface area (TPSA) is 83.4 Å². The molecule has 1 aliphatic rings. The van der Waals surface area contributed by atoms with Crippen molar-refractivity contribution in [2.45, 2.75) is 25.8 Å². The lowest BCUT2D eigenvalue weighted by molar-refractivity contribution is -0.122. The predicted molar refractivity (Wildman–Crippen MR) is 81.5 cm³/mol. The molecule has 0 aromatic carbocycles. The Morgan fingerprint density at radius 2 is 2.33 bits per heavy atom. The SMILES string of the molecule is CC(NC(=O)c1ccco1)C(=O)NCC1CCCNC1.Cl. The van der Waals surface area contributed by atoms with Crippen LogP contribution >= 0.6 is 12.4 Å². The van der Waals surface area contributed by atoms with Crippen LogP contribution in [0.3, 0.4) is 0 Å². The quantitative estimate of drug-likeness (QED) is 0.755. The summed E-state index contributed by atoms with van der Waals surface area (Å²) in [6.07, 6.45) is 3.70. The summed E-state index contributed by atoms with van der Waals surface area (Å²) in [4.78, 5) is 23.6. The molecular weight excluding hydrogens is 294 g/mol. The molecule has 1 saturated heterocycles. The van der Waals surface area contributed by atoms with Gasteiger partial charge in [0.15, 0.2) is 5.76 Å². The van der Waals surface area contributed by atoms with Crippen LogP contribution in [-0.2, 0) is 4.79 Å². The molecule has 2 unspecified atom stereocenters. The van der Waals surface area contributed by atoms with Crippen LogP contribution in [0.2, 0.25) is 0 Å². The van der Waals surface area contributed by atoms with E-state index < -0.39 is 6.04 Å². The molecule has 1 fully saturated rings. The third kappa shape index (κ3) is 5.40. The zero-order valence-electron chi connectivity index (χ0n) is 12.1. The van der Waals surface area contributed by atoms with Crippen molar-refractivity contribution in [2.24, 2.45) is 5.92 Å². The average Bonchev–Trinajstić information content (AvgIpc) is 3.00. The first-order chi connectivity index (χ1) is 9.66. The van der Waals surface area contributed by atoms with Gasteiger partial charge >= 0.3 is 0 Å². The molecule has 0 aliphatic carbocycles. The highest BCUT2D eigenvalue weighted by molar-refractivity contribution is 5.95. The number of hydrogen-bond acceptors (Lipinski definition) is 4. The molecular formula is C14H22ClN3O3. The van der Waals surface area contributed by atoms with Crippen molar-refractivity contribution in [2.75, 3.05) is 19.6 Å². The highest BCUT2D eigenvalue weighted by Crippen LogP contribution is 2.08. The lowest BCUT2D eigenvalue weighted by atomic mass is 10.00. The van der Waals surface area contributed by atoms with E-state index in [2.05, 4.69) is 16.0 Å². The number of carbonyl (C=O) groups excluding carboxylic acids is 2. The van der Waals surface area contributed by atoms with Crippen LogP contribution in [0, 0.1) is 5.92 Å². The summed E-state index contributed by atoms with van der Waals surface area (Å²) >= 11 is 0. The summed E-state index contributed by atoms with van der Waals surface area (Å²) < 4.78 is 4.98. The molecule has 2 rings (SSSR count). The minimum Gasteiger partial charge on any atom is -0.459 e. The fourth-order valence-electron chi connectivity index (χ4n) is 2.24. The first kappa shape index (κ1) is 17.5. The summed E-state index contributed by atoms with van der Waals surface area (Å²) in [6.45, 7) is 4.30. The van der Waals surface area contributed by atoms with E-state index in [0.29, 0.717) is 12.5 Å². The lowest BCUT2D eigenvalue weighted by Crippen LogP contribution is -2.47. The minimum atomic E-state index is -0.579. The molecule has 0 bridgehead atoms. The zero-order valence-corrected chi connectivity index (χ0v) is 12.9. The predicted octanol–water partition coefficient (Wildman–Crippen LogP) is 0.935. The largest absolute Gasteiger partial charge is 0.459 e. The second kappa shape index (κ2) is 8.69. The van der Waals surface area contributed by atoms with Crippen molar-refractivity contribution in [3.05, 3.63) is 24.2 Å². The Kier molecular flexibility index (Phi) is 7.25. The van der Waals surface area contributed by atoms with Crippen molar-refractivity contribution >= 4 is 24.2 Å². The maximum atomic E-state index is 11.9. The van der Waals surface area contributed by atoms with Crippen molar-refractivity contribution in [1.82, 2.24) is 16.0 Å². The van der Waals surface area contributed by atoms with Gasteiger partial charge in [-0.1, -0.05) is 0 Å². The number of hydrogen-bond donors (Lipinski definition) is 3. The number of halogens is 1. The number of nitrogens with one attached hydrogen (secondary N) is 3. The van der Waals surface area contributed by atoms with E-state index >= 15 is 0 Å². The molecule has 21 heavy (non-hydrogen) atoms. The molecule has 6 nitrogen and oxygen atoms in total. The van der Waals surface area contributed by atoms with Gasteiger partial charge < -0.3 is 20.4 Å². The Balaban J connectivity index is 0.00000220. The Labute approximate surface area is 130 Å². The van der Waals surface area contributed by atoms with Crippen molar-refractivity contribution in [3.63, 3.8) is 0 Å². The van der Waals surface area contributed by atoms with E-state index in [0.717, 1.165) is 25.9 Å². The smallest absolute Gasteiger partial charge is 0.287 e. The number of carbonyl (C=O) groups is 2. The van der Waals surface area contributed by atoms with Gasteiger partial charge in [0.2, 0.25) is 5.91 Å². The molecule has 1 aromatic rings. The second-order valence-electron chi connectivity index (χ2n) is 5.13. The molecule has 2 heterocycles. The minimum absolute atomic E-state index is 0. The van der Waals surface area contributed by atoms with Gasteiger partial charge in [0, 0.05) is 6.54 Å². The highest BCUT2D eigenvalue weighted by atomic mass is 35.5. The van der Waals surface area contributed by atoms with Crippen molar-refractivity contribution in [1.29, 1.82) is 0 Å². The van der Waals surface area contributed by atoms with Crippen molar-refractivity contribution < 1.29 is 14.0 Å². The van der Waals surface area contributed by atoms with Crippen LogP contribution < -0.4 is 16.0 Å². The molecule has 118 valence electrons. The Bertz CT molecular complexity index is 444. The summed E-state index contributed by atoms with van der Waals surface area (Å²) in [5.74, 6) is 0.134. The summed E-state index contributed by atoms with van der Waals surface area (Å²) in [6, 6.07) is 2.62. The number of furan rings is 1. The van der Waals surface area contributed by atoms with E-state index in [4.69, 9.17) is 4.42 Å². The van der Waals surface area contributed by atoms with Crippen LogP contribution in [-0.4, -0.2) is 37.5 Å². The molecule has 0 spiro atoms. The van der Waals surface area contributed by atoms with E-state index in [1.54, 1.807) is 19.1 Å². The van der Waals surface area contributed by atoms with Gasteiger partial charge in [-0.05, 0) is 50.9 Å². The van der Waals surface area contributed by atoms with Gasteiger partial charge in [-0.3, -0.25) is 9.59 Å². The first-order valence-electron chi connectivity index (χ1n) is 6.99. The standard InChI is InChI=1S/C14H21N3O3.ClH/c1-10(17-14(19)12-5-3-7-20-12)13(18)16-9-11-4-2-6-15-8-11;/h3,5,7,10-11,15H,2,4,6,8-9H2,1H3,(H,16,18)(H,17,19);1H. The van der Waals surface area contributed by atoms with Crippen LogP contribution in [0.1, 0.15) is 30.3 Å². The molecule has 0 radical (unpaired) electrons. The third-order valence-corrected chi connectivity index (χ3v) is 3.45. The van der Waals surface area contributed by atoms with E-state index in [-0.39, 0.29) is 30.0 Å². The van der Waals surface area contributed by atoms with Gasteiger partial charge in [-0.2, -0.15) is 0 Å². The zero-order chi connectivity index (χ0) is 14.4.